The minimum absolute atomic E-state index is 0.0108. The van der Waals surface area contributed by atoms with Gasteiger partial charge in [0.25, 0.3) is 0 Å². The smallest absolute Gasteiger partial charge is 0.246 e. The summed E-state index contributed by atoms with van der Waals surface area (Å²) in [6, 6.07) is 4.11. The molecule has 0 aromatic heterocycles. The van der Waals surface area contributed by atoms with Crippen molar-refractivity contribution in [2.45, 2.75) is 17.9 Å². The average Bonchev–Trinajstić information content (AvgIpc) is 2.50. The molecule has 21 heavy (non-hydrogen) atoms. The Labute approximate surface area is 125 Å². The molecule has 0 aliphatic heterocycles. The number of likely N-dealkylation sites (N-methyl/N-ethyl adjacent to an activating group) is 1. The van der Waals surface area contributed by atoms with Crippen LogP contribution in [0.5, 0.6) is 5.75 Å². The van der Waals surface area contributed by atoms with Gasteiger partial charge in [-0.1, -0.05) is 11.8 Å². The molecule has 1 aromatic rings. The lowest BCUT2D eigenvalue weighted by Crippen LogP contribution is -2.37. The molecule has 116 valence electrons. The zero-order valence-electron chi connectivity index (χ0n) is 12.3. The van der Waals surface area contributed by atoms with Crippen LogP contribution < -0.4 is 10.5 Å². The summed E-state index contributed by atoms with van der Waals surface area (Å²) in [7, 11) is -0.983. The molecule has 0 bridgehead atoms. The molecule has 0 spiro atoms. The molecule has 7 heteroatoms. The highest BCUT2D eigenvalue weighted by Gasteiger charge is 2.28. The van der Waals surface area contributed by atoms with E-state index < -0.39 is 16.1 Å². The molecule has 0 saturated carbocycles. The second-order valence-corrected chi connectivity index (χ2v) is 6.39. The maximum absolute atomic E-state index is 12.6. The third-order valence-corrected chi connectivity index (χ3v) is 5.03. The molecule has 1 aromatic carbocycles. The molecular formula is C14H20N2O4S. The molecule has 1 rings (SSSR count). The Bertz CT molecular complexity index is 647. The molecule has 0 aliphatic carbocycles. The summed E-state index contributed by atoms with van der Waals surface area (Å²) in [5.41, 5.74) is 5.84. The number of benzene rings is 1. The normalized spacial score (nSPS) is 12.7. The van der Waals surface area contributed by atoms with Crippen molar-refractivity contribution in [1.29, 1.82) is 0 Å². The number of ether oxygens (including phenoxy) is 1. The van der Waals surface area contributed by atoms with Crippen molar-refractivity contribution >= 4 is 10.0 Å². The van der Waals surface area contributed by atoms with E-state index >= 15 is 0 Å². The second kappa shape index (κ2) is 7.43. The summed E-state index contributed by atoms with van der Waals surface area (Å²) in [6.07, 6.45) is 0. The first kappa shape index (κ1) is 17.5. The predicted molar refractivity (Wildman–Crippen MR) is 80.4 cm³/mol. The first-order valence-corrected chi connectivity index (χ1v) is 7.78. The van der Waals surface area contributed by atoms with E-state index in [-0.39, 0.29) is 23.8 Å². The number of methoxy groups -OCH3 is 1. The monoisotopic (exact) mass is 312 g/mol. The van der Waals surface area contributed by atoms with Crippen molar-refractivity contribution in [3.63, 3.8) is 0 Å². The number of nitrogens with two attached hydrogens (primary N) is 1. The minimum Gasteiger partial charge on any atom is -0.495 e. The zero-order valence-corrected chi connectivity index (χ0v) is 13.1. The van der Waals surface area contributed by atoms with Gasteiger partial charge >= 0.3 is 0 Å². The Hall–Kier alpha value is -1.59. The third kappa shape index (κ3) is 3.95. The van der Waals surface area contributed by atoms with Crippen molar-refractivity contribution < 1.29 is 18.3 Å². The maximum Gasteiger partial charge on any atom is 0.246 e. The Morgan fingerprint density at radius 1 is 1.48 bits per heavy atom. The van der Waals surface area contributed by atoms with Crippen molar-refractivity contribution in [3.05, 3.63) is 23.8 Å². The molecule has 0 aliphatic rings. The summed E-state index contributed by atoms with van der Waals surface area (Å²) >= 11 is 0. The van der Waals surface area contributed by atoms with E-state index in [2.05, 4.69) is 11.8 Å². The fraction of sp³-hybridized carbons (Fsp3) is 0.429. The number of nitrogens with zero attached hydrogens (tertiary/aromatic N) is 1. The number of rotatable bonds is 5. The summed E-state index contributed by atoms with van der Waals surface area (Å²) in [5, 5.41) is 9.14. The summed E-state index contributed by atoms with van der Waals surface area (Å²) in [4.78, 5) is 0.0108. The van der Waals surface area contributed by atoms with Crippen molar-refractivity contribution in [3.8, 4) is 17.6 Å². The molecule has 0 amide bonds. The van der Waals surface area contributed by atoms with E-state index in [1.54, 1.807) is 19.1 Å². The average molecular weight is 312 g/mol. The van der Waals surface area contributed by atoms with Gasteiger partial charge in [0, 0.05) is 18.7 Å². The fourth-order valence-electron chi connectivity index (χ4n) is 1.62. The van der Waals surface area contributed by atoms with Crippen LogP contribution in [0.15, 0.2) is 23.1 Å². The largest absolute Gasteiger partial charge is 0.495 e. The zero-order chi connectivity index (χ0) is 16.0. The predicted octanol–water partition coefficient (Wildman–Crippen LogP) is 0.00670. The number of hydrogen-bond acceptors (Lipinski definition) is 5. The van der Waals surface area contributed by atoms with Crippen molar-refractivity contribution in [2.75, 3.05) is 27.3 Å². The van der Waals surface area contributed by atoms with E-state index in [1.165, 1.54) is 20.2 Å². The molecule has 3 N–H and O–H groups in total. The van der Waals surface area contributed by atoms with Crippen LogP contribution >= 0.6 is 0 Å². The molecule has 0 saturated heterocycles. The van der Waals surface area contributed by atoms with E-state index in [0.717, 1.165) is 4.31 Å². The second-order valence-electron chi connectivity index (χ2n) is 4.42. The lowest BCUT2D eigenvalue weighted by molar-refractivity contribution is 0.213. The molecular weight excluding hydrogens is 292 g/mol. The molecule has 1 atom stereocenters. The summed E-state index contributed by atoms with van der Waals surface area (Å²) < 4.78 is 31.4. The highest BCUT2D eigenvalue weighted by molar-refractivity contribution is 7.89. The van der Waals surface area contributed by atoms with Crippen LogP contribution in [0.3, 0.4) is 0 Å². The van der Waals surface area contributed by atoms with Crippen LogP contribution in [0.25, 0.3) is 0 Å². The third-order valence-electron chi connectivity index (χ3n) is 3.04. The lowest BCUT2D eigenvalue weighted by Gasteiger charge is -2.23. The quantitative estimate of drug-likeness (QED) is 0.747. The molecule has 6 nitrogen and oxygen atoms in total. The van der Waals surface area contributed by atoms with Gasteiger partial charge in [-0.25, -0.2) is 8.42 Å². The Morgan fingerprint density at radius 2 is 2.14 bits per heavy atom. The van der Waals surface area contributed by atoms with Gasteiger partial charge in [-0.3, -0.25) is 0 Å². The van der Waals surface area contributed by atoms with Gasteiger partial charge in [-0.15, -0.1) is 0 Å². The number of sulfonamides is 1. The minimum atomic E-state index is -3.79. The van der Waals surface area contributed by atoms with E-state index in [9.17, 15) is 8.42 Å². The fourth-order valence-corrected chi connectivity index (χ4v) is 3.15. The van der Waals surface area contributed by atoms with Gasteiger partial charge in [0.05, 0.1) is 20.3 Å². The van der Waals surface area contributed by atoms with Crippen LogP contribution in [0.1, 0.15) is 12.5 Å². The summed E-state index contributed by atoms with van der Waals surface area (Å²) in [5.74, 6) is 5.69. The SMILES string of the molecule is COc1ccc(C#CCN)cc1S(=O)(=O)N(C)C(C)CO. The van der Waals surface area contributed by atoms with E-state index in [4.69, 9.17) is 15.6 Å². The van der Waals surface area contributed by atoms with Gasteiger partial charge in [0.2, 0.25) is 10.0 Å². The number of aliphatic hydroxyl groups is 1. The van der Waals surface area contributed by atoms with Crippen LogP contribution in [0.4, 0.5) is 0 Å². The lowest BCUT2D eigenvalue weighted by atomic mass is 10.2. The van der Waals surface area contributed by atoms with Crippen LogP contribution in [0, 0.1) is 11.8 Å². The Balaban J connectivity index is 3.38. The summed E-state index contributed by atoms with van der Waals surface area (Å²) in [6.45, 7) is 1.53. The van der Waals surface area contributed by atoms with Gasteiger partial charge < -0.3 is 15.6 Å². The van der Waals surface area contributed by atoms with Crippen molar-refractivity contribution in [2.24, 2.45) is 5.73 Å². The number of aliphatic hydroxyl groups excluding tert-OH is 1. The Morgan fingerprint density at radius 3 is 2.67 bits per heavy atom. The first-order valence-electron chi connectivity index (χ1n) is 6.34. The van der Waals surface area contributed by atoms with Crippen molar-refractivity contribution in [1.82, 2.24) is 4.31 Å². The van der Waals surface area contributed by atoms with Gasteiger partial charge in [0.1, 0.15) is 10.6 Å². The van der Waals surface area contributed by atoms with E-state index in [1.807, 2.05) is 0 Å². The van der Waals surface area contributed by atoms with E-state index in [0.29, 0.717) is 5.56 Å². The standard InChI is InChI=1S/C14H20N2O4S/c1-11(10-17)16(2)21(18,19)14-9-12(5-4-8-15)6-7-13(14)20-3/h6-7,9,11,17H,8,10,15H2,1-3H3. The van der Waals surface area contributed by atoms with Gasteiger partial charge in [0.15, 0.2) is 0 Å². The van der Waals surface area contributed by atoms with Gasteiger partial charge in [-0.05, 0) is 25.1 Å². The first-order chi connectivity index (χ1) is 9.88. The molecule has 1 unspecified atom stereocenters. The highest BCUT2D eigenvalue weighted by atomic mass is 32.2. The molecule has 0 radical (unpaired) electrons. The van der Waals surface area contributed by atoms with Crippen LogP contribution in [-0.2, 0) is 10.0 Å². The maximum atomic E-state index is 12.6. The topological polar surface area (TPSA) is 92.9 Å². The Kier molecular flexibility index (Phi) is 6.18. The molecule has 0 heterocycles. The van der Waals surface area contributed by atoms with Gasteiger partial charge in [-0.2, -0.15) is 4.31 Å². The molecule has 0 fully saturated rings. The van der Waals surface area contributed by atoms with Crippen LogP contribution in [-0.4, -0.2) is 51.2 Å². The highest BCUT2D eigenvalue weighted by Crippen LogP contribution is 2.28. The number of hydrogen-bond donors (Lipinski definition) is 2. The van der Waals surface area contributed by atoms with Crippen LogP contribution in [0.2, 0.25) is 0 Å².